The second-order valence-electron chi connectivity index (χ2n) is 10.3. The fourth-order valence-corrected chi connectivity index (χ4v) is 5.75. The normalized spacial score (nSPS) is 15.4. The number of hydrogen-bond donors (Lipinski definition) is 1. The Bertz CT molecular complexity index is 1300. The smallest absolute Gasteiger partial charge is 0.406 e. The average Bonchev–Trinajstić information content (AvgIpc) is 2.91. The van der Waals surface area contributed by atoms with Crippen molar-refractivity contribution in [2.75, 3.05) is 24.5 Å². The van der Waals surface area contributed by atoms with E-state index in [0.717, 1.165) is 49.2 Å². The van der Waals surface area contributed by atoms with E-state index in [1.54, 1.807) is 12.1 Å². The van der Waals surface area contributed by atoms with Gasteiger partial charge in [0.05, 0.1) is 15.6 Å². The fourth-order valence-electron chi connectivity index (χ4n) is 5.21. The molecule has 0 bridgehead atoms. The van der Waals surface area contributed by atoms with Crippen LogP contribution in [-0.4, -0.2) is 53.9 Å². The van der Waals surface area contributed by atoms with Crippen molar-refractivity contribution in [3.05, 3.63) is 87.7 Å². The summed E-state index contributed by atoms with van der Waals surface area (Å²) in [6, 6.07) is 14.8. The van der Waals surface area contributed by atoms with Crippen LogP contribution in [-0.2, 0) is 6.54 Å². The number of amides is 1. The van der Waals surface area contributed by atoms with Gasteiger partial charge in [-0.05, 0) is 62.9 Å². The molecule has 1 N–H and O–H groups in total. The maximum atomic E-state index is 12.7. The SMILES string of the molecule is Cc1cccc(CN(c2ccc(OC(F)(F)F)cc2)C2CCN(C(C)CCNC(=O)c3c(Cl)cncc3Cl)CC2)c1. The number of piperidine rings is 1. The summed E-state index contributed by atoms with van der Waals surface area (Å²) in [7, 11) is 0. The predicted molar refractivity (Wildman–Crippen MR) is 156 cm³/mol. The number of carbonyl (C=O) groups is 1. The zero-order valence-electron chi connectivity index (χ0n) is 22.9. The molecule has 3 aromatic rings. The molecule has 1 amide bonds. The number of alkyl halides is 3. The van der Waals surface area contributed by atoms with Crippen LogP contribution in [0, 0.1) is 6.92 Å². The van der Waals surface area contributed by atoms with Gasteiger partial charge in [0.25, 0.3) is 5.91 Å². The lowest BCUT2D eigenvalue weighted by Crippen LogP contribution is -2.48. The van der Waals surface area contributed by atoms with Crippen molar-refractivity contribution >= 4 is 34.8 Å². The summed E-state index contributed by atoms with van der Waals surface area (Å²) in [5.74, 6) is -0.562. The largest absolute Gasteiger partial charge is 0.573 e. The number of aryl methyl sites for hydroxylation is 1. The van der Waals surface area contributed by atoms with Gasteiger partial charge in [-0.25, -0.2) is 0 Å². The van der Waals surface area contributed by atoms with E-state index in [9.17, 15) is 18.0 Å². The third kappa shape index (κ3) is 8.74. The number of hydrogen-bond acceptors (Lipinski definition) is 5. The van der Waals surface area contributed by atoms with Crippen molar-refractivity contribution in [3.8, 4) is 5.75 Å². The highest BCUT2D eigenvalue weighted by Gasteiger charge is 2.31. The average molecular weight is 610 g/mol. The summed E-state index contributed by atoms with van der Waals surface area (Å²) < 4.78 is 42.1. The first kappa shape index (κ1) is 30.9. The Labute approximate surface area is 248 Å². The standard InChI is InChI=1S/C30H33Cl2F3N4O2/c1-20-4-3-5-22(16-20)19-39(23-6-8-25(9-7-23)41-30(33,34)35)24-11-14-38(15-12-24)21(2)10-13-37-29(40)28-26(31)17-36-18-27(28)32/h3-9,16-18,21,24H,10-15,19H2,1-2H3,(H,37,40). The molecule has 1 aliphatic heterocycles. The molecule has 1 unspecified atom stereocenters. The highest BCUT2D eigenvalue weighted by molar-refractivity contribution is 6.39. The third-order valence-corrected chi connectivity index (χ3v) is 7.90. The lowest BCUT2D eigenvalue weighted by molar-refractivity contribution is -0.274. The molecular weight excluding hydrogens is 576 g/mol. The lowest BCUT2D eigenvalue weighted by atomic mass is 9.99. The summed E-state index contributed by atoms with van der Waals surface area (Å²) >= 11 is 12.2. The monoisotopic (exact) mass is 608 g/mol. The van der Waals surface area contributed by atoms with E-state index in [-0.39, 0.29) is 39.3 Å². The highest BCUT2D eigenvalue weighted by atomic mass is 35.5. The Balaban J connectivity index is 1.36. The number of likely N-dealkylation sites (tertiary alicyclic amines) is 1. The van der Waals surface area contributed by atoms with E-state index in [4.69, 9.17) is 23.2 Å². The minimum Gasteiger partial charge on any atom is -0.406 e. The van der Waals surface area contributed by atoms with Gasteiger partial charge in [-0.3, -0.25) is 9.78 Å². The predicted octanol–water partition coefficient (Wildman–Crippen LogP) is 7.28. The second-order valence-corrected chi connectivity index (χ2v) is 11.1. The van der Waals surface area contributed by atoms with Crippen LogP contribution in [0.3, 0.4) is 0 Å². The van der Waals surface area contributed by atoms with E-state index < -0.39 is 6.36 Å². The van der Waals surface area contributed by atoms with Gasteiger partial charge < -0.3 is 19.9 Å². The Hall–Kier alpha value is -3.01. The van der Waals surface area contributed by atoms with Crippen LogP contribution in [0.2, 0.25) is 10.0 Å². The number of pyridine rings is 1. The Kier molecular flexibility index (Phi) is 10.4. The lowest BCUT2D eigenvalue weighted by Gasteiger charge is -2.42. The first-order chi connectivity index (χ1) is 19.5. The van der Waals surface area contributed by atoms with Gasteiger partial charge in [0, 0.05) is 56.3 Å². The van der Waals surface area contributed by atoms with Gasteiger partial charge in [0.15, 0.2) is 0 Å². The van der Waals surface area contributed by atoms with Crippen LogP contribution in [0.1, 0.15) is 47.7 Å². The van der Waals surface area contributed by atoms with Crippen LogP contribution in [0.5, 0.6) is 5.75 Å². The van der Waals surface area contributed by atoms with Gasteiger partial charge >= 0.3 is 6.36 Å². The number of nitrogens with one attached hydrogen (secondary N) is 1. The zero-order chi connectivity index (χ0) is 29.6. The molecule has 2 heterocycles. The topological polar surface area (TPSA) is 57.7 Å². The van der Waals surface area contributed by atoms with Crippen molar-refractivity contribution in [2.45, 2.75) is 58.1 Å². The minimum absolute atomic E-state index is 0.211. The molecule has 1 aliphatic rings. The first-order valence-corrected chi connectivity index (χ1v) is 14.2. The van der Waals surface area contributed by atoms with Crippen molar-refractivity contribution in [1.82, 2.24) is 15.2 Å². The molecule has 0 radical (unpaired) electrons. The maximum absolute atomic E-state index is 12.7. The number of aromatic nitrogens is 1. The van der Waals surface area contributed by atoms with Crippen molar-refractivity contribution in [2.24, 2.45) is 0 Å². The van der Waals surface area contributed by atoms with Crippen LogP contribution in [0.4, 0.5) is 18.9 Å². The minimum atomic E-state index is -4.73. The zero-order valence-corrected chi connectivity index (χ0v) is 24.4. The van der Waals surface area contributed by atoms with Crippen LogP contribution in [0.15, 0.2) is 60.9 Å². The van der Waals surface area contributed by atoms with E-state index in [1.807, 2.05) is 19.1 Å². The Morgan fingerprint density at radius 3 is 2.39 bits per heavy atom. The van der Waals surface area contributed by atoms with Gasteiger partial charge in [-0.15, -0.1) is 13.2 Å². The number of carbonyl (C=O) groups excluding carboxylic acids is 1. The maximum Gasteiger partial charge on any atom is 0.573 e. The molecule has 0 spiro atoms. The molecule has 11 heteroatoms. The van der Waals surface area contributed by atoms with Gasteiger partial charge in [0.1, 0.15) is 5.75 Å². The number of halogens is 5. The molecule has 6 nitrogen and oxygen atoms in total. The number of benzene rings is 2. The molecule has 0 saturated carbocycles. The molecule has 1 fully saturated rings. The Morgan fingerprint density at radius 2 is 1.78 bits per heavy atom. The van der Waals surface area contributed by atoms with E-state index in [2.05, 4.69) is 43.9 Å². The molecule has 1 aromatic heterocycles. The number of rotatable bonds is 10. The van der Waals surface area contributed by atoms with Crippen molar-refractivity contribution in [3.63, 3.8) is 0 Å². The van der Waals surface area contributed by atoms with Crippen LogP contribution in [0.25, 0.3) is 0 Å². The summed E-state index contributed by atoms with van der Waals surface area (Å²) in [4.78, 5) is 21.1. The number of ether oxygens (including phenoxy) is 1. The molecular formula is C30H33Cl2F3N4O2. The van der Waals surface area contributed by atoms with Crippen molar-refractivity contribution in [1.29, 1.82) is 0 Å². The molecule has 4 rings (SSSR count). The quantitative estimate of drug-likeness (QED) is 0.262. The van der Waals surface area contributed by atoms with E-state index in [0.29, 0.717) is 13.1 Å². The van der Waals surface area contributed by atoms with Crippen LogP contribution < -0.4 is 15.0 Å². The molecule has 41 heavy (non-hydrogen) atoms. The van der Waals surface area contributed by atoms with Crippen molar-refractivity contribution < 1.29 is 22.7 Å². The molecule has 2 aromatic carbocycles. The summed E-state index contributed by atoms with van der Waals surface area (Å²) in [6.07, 6.45) is 0.597. The Morgan fingerprint density at radius 1 is 1.12 bits per heavy atom. The van der Waals surface area contributed by atoms with E-state index >= 15 is 0 Å². The van der Waals surface area contributed by atoms with Gasteiger partial charge in [0.2, 0.25) is 0 Å². The highest BCUT2D eigenvalue weighted by Crippen LogP contribution is 2.30. The van der Waals surface area contributed by atoms with Crippen LogP contribution >= 0.6 is 23.2 Å². The second kappa shape index (κ2) is 13.8. The summed E-state index contributed by atoms with van der Waals surface area (Å²) in [6.45, 7) is 7.03. The van der Waals surface area contributed by atoms with Gasteiger partial charge in [-0.1, -0.05) is 53.0 Å². The van der Waals surface area contributed by atoms with E-state index in [1.165, 1.54) is 24.5 Å². The summed E-state index contributed by atoms with van der Waals surface area (Å²) in [5.41, 5.74) is 3.37. The van der Waals surface area contributed by atoms with Gasteiger partial charge in [-0.2, -0.15) is 0 Å². The molecule has 220 valence electrons. The summed E-state index contributed by atoms with van der Waals surface area (Å²) in [5, 5.41) is 3.32. The third-order valence-electron chi connectivity index (χ3n) is 7.33. The number of anilines is 1. The molecule has 1 saturated heterocycles. The first-order valence-electron chi connectivity index (χ1n) is 13.5. The fraction of sp³-hybridized carbons (Fsp3) is 0.400. The molecule has 0 aliphatic carbocycles. The molecule has 1 atom stereocenters. The number of nitrogens with zero attached hydrogens (tertiary/aromatic N) is 3.